The quantitative estimate of drug-likeness (QED) is 0.730. The van der Waals surface area contributed by atoms with E-state index in [1.54, 1.807) is 0 Å². The van der Waals surface area contributed by atoms with Crippen LogP contribution in [0.25, 0.3) is 0 Å². The molecule has 0 aromatic rings. The zero-order chi connectivity index (χ0) is 10.7. The number of rotatable bonds is 4. The number of fused-ring (bicyclic) bond motifs is 1. The third-order valence-corrected chi connectivity index (χ3v) is 4.13. The van der Waals surface area contributed by atoms with Crippen molar-refractivity contribution in [3.8, 4) is 0 Å². The van der Waals surface area contributed by atoms with Gasteiger partial charge in [0.25, 0.3) is 0 Å². The molecule has 0 amide bonds. The molecule has 1 saturated heterocycles. The minimum atomic E-state index is -0.0215. The lowest BCUT2D eigenvalue weighted by Gasteiger charge is -2.38. The van der Waals surface area contributed by atoms with E-state index in [-0.39, 0.29) is 12.6 Å². The Morgan fingerprint density at radius 1 is 1.27 bits per heavy atom. The first-order valence-corrected chi connectivity index (χ1v) is 6.41. The third-order valence-electron chi connectivity index (χ3n) is 4.13. The Morgan fingerprint density at radius 2 is 2.07 bits per heavy atom. The number of nitrogens with zero attached hydrogens (tertiary/aromatic N) is 1. The van der Waals surface area contributed by atoms with Crippen molar-refractivity contribution in [3.05, 3.63) is 0 Å². The topological polar surface area (TPSA) is 49.5 Å². The minimum Gasteiger partial charge on any atom is -0.395 e. The Labute approximate surface area is 92.6 Å². The smallest absolute Gasteiger partial charge is 0.0583 e. The number of piperidine rings is 1. The van der Waals surface area contributed by atoms with Crippen LogP contribution >= 0.6 is 0 Å². The number of hydrogen-bond acceptors (Lipinski definition) is 3. The van der Waals surface area contributed by atoms with Crippen LogP contribution in [0, 0.1) is 5.92 Å². The minimum absolute atomic E-state index is 0.0215. The highest BCUT2D eigenvalue weighted by Crippen LogP contribution is 2.36. The van der Waals surface area contributed by atoms with Gasteiger partial charge in [0.2, 0.25) is 0 Å². The van der Waals surface area contributed by atoms with Gasteiger partial charge < -0.3 is 15.7 Å². The van der Waals surface area contributed by atoms with Crippen molar-refractivity contribution in [2.45, 2.75) is 50.6 Å². The maximum absolute atomic E-state index is 8.91. The maximum Gasteiger partial charge on any atom is 0.0583 e. The van der Waals surface area contributed by atoms with Crippen molar-refractivity contribution >= 4 is 0 Å². The fourth-order valence-corrected chi connectivity index (χ4v) is 3.26. The highest BCUT2D eigenvalue weighted by molar-refractivity contribution is 4.89. The van der Waals surface area contributed by atoms with Gasteiger partial charge in [-0.25, -0.2) is 0 Å². The van der Waals surface area contributed by atoms with Crippen LogP contribution in [-0.4, -0.2) is 41.8 Å². The second-order valence-electron chi connectivity index (χ2n) is 5.17. The molecule has 1 heterocycles. The molecule has 3 unspecified atom stereocenters. The summed E-state index contributed by atoms with van der Waals surface area (Å²) in [4.78, 5) is 2.62. The molecule has 0 aromatic heterocycles. The largest absolute Gasteiger partial charge is 0.395 e. The van der Waals surface area contributed by atoms with E-state index >= 15 is 0 Å². The second kappa shape index (κ2) is 5.28. The van der Waals surface area contributed by atoms with Crippen LogP contribution in [0.3, 0.4) is 0 Å². The molecule has 1 aliphatic carbocycles. The molecule has 0 aromatic carbocycles. The predicted molar refractivity (Wildman–Crippen MR) is 61.6 cm³/mol. The van der Waals surface area contributed by atoms with E-state index in [4.69, 9.17) is 10.8 Å². The second-order valence-corrected chi connectivity index (χ2v) is 5.17. The third kappa shape index (κ3) is 2.71. The van der Waals surface area contributed by atoms with Crippen molar-refractivity contribution in [1.82, 2.24) is 4.90 Å². The van der Waals surface area contributed by atoms with Crippen molar-refractivity contribution in [1.29, 1.82) is 0 Å². The van der Waals surface area contributed by atoms with Gasteiger partial charge in [-0.2, -0.15) is 0 Å². The van der Waals surface area contributed by atoms with Gasteiger partial charge >= 0.3 is 0 Å². The Balaban J connectivity index is 1.80. The van der Waals surface area contributed by atoms with E-state index < -0.39 is 0 Å². The predicted octanol–water partition coefficient (Wildman–Crippen LogP) is 0.961. The fourth-order valence-electron chi connectivity index (χ4n) is 3.26. The highest BCUT2D eigenvalue weighted by atomic mass is 16.3. The molecule has 0 radical (unpaired) electrons. The molecule has 3 nitrogen and oxygen atoms in total. The summed E-state index contributed by atoms with van der Waals surface area (Å²) in [6, 6.07) is 0.816. The van der Waals surface area contributed by atoms with Crippen LogP contribution in [0.1, 0.15) is 38.5 Å². The van der Waals surface area contributed by atoms with Crippen LogP contribution in [0.15, 0.2) is 0 Å². The number of aliphatic hydroxyl groups excluding tert-OH is 1. The average Bonchev–Trinajstić information content (AvgIpc) is 2.74. The van der Waals surface area contributed by atoms with Gasteiger partial charge in [-0.15, -0.1) is 0 Å². The van der Waals surface area contributed by atoms with E-state index in [0.717, 1.165) is 24.9 Å². The highest BCUT2D eigenvalue weighted by Gasteiger charge is 2.34. The number of likely N-dealkylation sites (tertiary alicyclic amines) is 1. The Kier molecular flexibility index (Phi) is 4.00. The molecule has 3 N–H and O–H groups in total. The summed E-state index contributed by atoms with van der Waals surface area (Å²) in [5.41, 5.74) is 5.75. The maximum atomic E-state index is 8.91. The summed E-state index contributed by atoms with van der Waals surface area (Å²) in [7, 11) is 0. The molecule has 0 bridgehead atoms. The van der Waals surface area contributed by atoms with Gasteiger partial charge in [0.05, 0.1) is 6.61 Å². The Morgan fingerprint density at radius 3 is 2.87 bits per heavy atom. The van der Waals surface area contributed by atoms with E-state index in [0.29, 0.717) is 0 Å². The van der Waals surface area contributed by atoms with Gasteiger partial charge in [-0.05, 0) is 51.1 Å². The molecule has 2 rings (SSSR count). The monoisotopic (exact) mass is 212 g/mol. The molecule has 2 aliphatic rings. The summed E-state index contributed by atoms with van der Waals surface area (Å²) >= 11 is 0. The van der Waals surface area contributed by atoms with Crippen LogP contribution in [0.2, 0.25) is 0 Å². The van der Waals surface area contributed by atoms with Crippen LogP contribution < -0.4 is 5.73 Å². The normalized spacial score (nSPS) is 34.0. The molecule has 3 heteroatoms. The lowest BCUT2D eigenvalue weighted by atomic mass is 9.92. The molecule has 1 aliphatic heterocycles. The van der Waals surface area contributed by atoms with Gasteiger partial charge in [-0.1, -0.05) is 6.42 Å². The lowest BCUT2D eigenvalue weighted by Crippen LogP contribution is -2.44. The lowest BCUT2D eigenvalue weighted by molar-refractivity contribution is 0.106. The first-order chi connectivity index (χ1) is 7.31. The fraction of sp³-hybridized carbons (Fsp3) is 1.00. The standard InChI is InChI=1S/C12H24N2O/c13-11(9-15)6-8-14-7-2-4-10-3-1-5-12(10)14/h10-12,15H,1-9,13H2. The average molecular weight is 212 g/mol. The van der Waals surface area contributed by atoms with E-state index in [2.05, 4.69) is 4.90 Å². The van der Waals surface area contributed by atoms with Gasteiger partial charge in [0, 0.05) is 12.1 Å². The molecule has 15 heavy (non-hydrogen) atoms. The zero-order valence-electron chi connectivity index (χ0n) is 9.57. The van der Waals surface area contributed by atoms with Crippen LogP contribution in [0.5, 0.6) is 0 Å². The Hall–Kier alpha value is -0.120. The number of aliphatic hydroxyl groups is 1. The van der Waals surface area contributed by atoms with Crippen LogP contribution in [0.4, 0.5) is 0 Å². The molecule has 1 saturated carbocycles. The SMILES string of the molecule is NC(CO)CCN1CCCC2CCCC21. The molecular weight excluding hydrogens is 188 g/mol. The zero-order valence-corrected chi connectivity index (χ0v) is 9.57. The Bertz CT molecular complexity index is 198. The van der Waals surface area contributed by atoms with Crippen molar-refractivity contribution < 1.29 is 5.11 Å². The molecule has 0 spiro atoms. The van der Waals surface area contributed by atoms with Crippen LogP contribution in [-0.2, 0) is 0 Å². The molecule has 3 atom stereocenters. The molecule has 2 fully saturated rings. The molecule has 88 valence electrons. The summed E-state index contributed by atoms with van der Waals surface area (Å²) in [6.45, 7) is 2.46. The van der Waals surface area contributed by atoms with E-state index in [1.165, 1.54) is 38.6 Å². The van der Waals surface area contributed by atoms with Gasteiger partial charge in [-0.3, -0.25) is 0 Å². The van der Waals surface area contributed by atoms with Gasteiger partial charge in [0.15, 0.2) is 0 Å². The number of nitrogens with two attached hydrogens (primary N) is 1. The van der Waals surface area contributed by atoms with Gasteiger partial charge in [0.1, 0.15) is 0 Å². The molecular formula is C12H24N2O. The first-order valence-electron chi connectivity index (χ1n) is 6.41. The summed E-state index contributed by atoms with van der Waals surface area (Å²) in [5, 5.41) is 8.91. The van der Waals surface area contributed by atoms with Crippen molar-refractivity contribution in [2.75, 3.05) is 19.7 Å². The first kappa shape index (κ1) is 11.4. The summed E-state index contributed by atoms with van der Waals surface area (Å²) < 4.78 is 0. The van der Waals surface area contributed by atoms with E-state index in [9.17, 15) is 0 Å². The van der Waals surface area contributed by atoms with Crippen molar-refractivity contribution in [2.24, 2.45) is 11.7 Å². The van der Waals surface area contributed by atoms with E-state index in [1.807, 2.05) is 0 Å². The number of hydrogen-bond donors (Lipinski definition) is 2. The summed E-state index contributed by atoms with van der Waals surface area (Å²) in [6.07, 6.45) is 7.98. The van der Waals surface area contributed by atoms with Crippen molar-refractivity contribution in [3.63, 3.8) is 0 Å². The summed E-state index contributed by atoms with van der Waals surface area (Å²) in [5.74, 6) is 0.962.